The van der Waals surface area contributed by atoms with Gasteiger partial charge in [0.2, 0.25) is 5.69 Å². The predicted molar refractivity (Wildman–Crippen MR) is 196 cm³/mol. The average Bonchev–Trinajstić information content (AvgIpc) is 3.17. The number of hydrogen-bond donors (Lipinski definition) is 1. The Morgan fingerprint density at radius 2 is 0.943 bits per heavy atom. The van der Waals surface area contributed by atoms with Gasteiger partial charge in [0.05, 0.1) is 9.85 Å². The van der Waals surface area contributed by atoms with Crippen molar-refractivity contribution in [3.8, 4) is 33.6 Å². The van der Waals surface area contributed by atoms with Gasteiger partial charge in [-0.2, -0.15) is 9.13 Å². The molecule has 7 aromatic rings. The number of anilines is 1. The van der Waals surface area contributed by atoms with E-state index in [1.165, 1.54) is 40.1 Å². The number of pyridine rings is 4. The highest BCUT2D eigenvalue weighted by Gasteiger charge is 2.26. The van der Waals surface area contributed by atoms with E-state index in [-0.39, 0.29) is 41.9 Å². The number of halogens is 2. The second kappa shape index (κ2) is 19.7. The number of nitrogens with two attached hydrogens (primary N) is 1. The Hall–Kier alpha value is -6.56. The molecule has 2 N–H and O–H groups in total. The first-order chi connectivity index (χ1) is 24.7. The molecule has 0 unspecified atom stereocenters. The maximum Gasteiger partial charge on any atom is 0.347 e. The Morgan fingerprint density at radius 1 is 0.528 bits per heavy atom. The summed E-state index contributed by atoms with van der Waals surface area (Å²) in [4.78, 5) is 28.7. The molecule has 4 aromatic heterocycles. The summed E-state index contributed by atoms with van der Waals surface area (Å²) in [6.07, 6.45) is 14.5. The van der Waals surface area contributed by atoms with Crippen molar-refractivity contribution < 1.29 is 43.8 Å². The molecular formula is C40H35Cl2N7O4. The molecule has 0 bridgehead atoms. The fourth-order valence-electron chi connectivity index (χ4n) is 4.93. The second-order valence-corrected chi connectivity index (χ2v) is 11.4. The Labute approximate surface area is 319 Å². The summed E-state index contributed by atoms with van der Waals surface area (Å²) in [7, 11) is 0. The molecule has 7 rings (SSSR count). The molecule has 11 nitrogen and oxygen atoms in total. The average molecular weight is 749 g/mol. The van der Waals surface area contributed by atoms with Gasteiger partial charge in [0, 0.05) is 79.0 Å². The van der Waals surface area contributed by atoms with E-state index in [4.69, 9.17) is 5.73 Å². The minimum absolute atomic E-state index is 0. The van der Waals surface area contributed by atoms with Crippen LogP contribution in [0.25, 0.3) is 33.6 Å². The van der Waals surface area contributed by atoms with Crippen LogP contribution in [0.3, 0.4) is 0 Å². The first-order valence-electron chi connectivity index (χ1n) is 15.8. The van der Waals surface area contributed by atoms with E-state index in [9.17, 15) is 20.2 Å². The number of aromatic nitrogens is 4. The molecule has 4 heterocycles. The summed E-state index contributed by atoms with van der Waals surface area (Å²) in [5.41, 5.74) is 13.8. The van der Waals surface area contributed by atoms with Crippen molar-refractivity contribution in [1.82, 2.24) is 9.97 Å². The summed E-state index contributed by atoms with van der Waals surface area (Å²) in [5, 5.41) is 22.0. The molecule has 0 aliphatic heterocycles. The number of nitrogens with zero attached hydrogens (tertiary/aromatic N) is 6. The fraction of sp³-hybridized carbons (Fsp3) is 0.0500. The molecule has 0 fully saturated rings. The Kier molecular flexibility index (Phi) is 15.2. The van der Waals surface area contributed by atoms with Gasteiger partial charge in [0.25, 0.3) is 11.4 Å². The van der Waals surface area contributed by atoms with Gasteiger partial charge in [-0.15, -0.1) is 0 Å². The molecule has 3 aromatic carbocycles. The number of hydrogen-bond acceptors (Lipinski definition) is 7. The van der Waals surface area contributed by atoms with Gasteiger partial charge < -0.3 is 30.5 Å². The lowest BCUT2D eigenvalue weighted by molar-refractivity contribution is -0.600. The second-order valence-electron chi connectivity index (χ2n) is 11.4. The number of benzene rings is 3. The first-order valence-corrected chi connectivity index (χ1v) is 15.8. The van der Waals surface area contributed by atoms with E-state index < -0.39 is 9.85 Å². The molecule has 53 heavy (non-hydrogen) atoms. The van der Waals surface area contributed by atoms with Gasteiger partial charge in [-0.1, -0.05) is 35.4 Å². The number of nitro benzene ring substituents is 2. The van der Waals surface area contributed by atoms with Crippen LogP contribution in [-0.2, 0) is 0 Å². The van der Waals surface area contributed by atoms with E-state index in [2.05, 4.69) is 70.3 Å². The molecule has 0 atom stereocenters. The number of non-ortho nitro benzene ring substituents is 1. The molecule has 0 saturated carbocycles. The minimum Gasteiger partial charge on any atom is -1.00 e. The van der Waals surface area contributed by atoms with E-state index >= 15 is 0 Å². The van der Waals surface area contributed by atoms with Crippen LogP contribution in [-0.4, -0.2) is 19.8 Å². The van der Waals surface area contributed by atoms with Crippen LogP contribution in [0.5, 0.6) is 0 Å². The number of rotatable bonds is 6. The summed E-state index contributed by atoms with van der Waals surface area (Å²) >= 11 is 0. The molecule has 0 amide bonds. The zero-order chi connectivity index (χ0) is 36.2. The zero-order valence-corrected chi connectivity index (χ0v) is 30.2. The molecule has 0 saturated heterocycles. The van der Waals surface area contributed by atoms with Gasteiger partial charge in [-0.25, -0.2) is 0 Å². The van der Waals surface area contributed by atoms with E-state index in [0.717, 1.165) is 22.9 Å². The number of nitro groups is 2. The normalized spacial score (nSPS) is 9.77. The SMILES string of the molecule is Cc1ccc(-[n+]2ccc(-c3ccncc3)cc2)cc1.Cc1ccc(N)cc1.O=[N+]([O-])c1ccc(-[n+]2ccc(-c3ccncc3)cc2)c([N+](=O)[O-])c1.[Cl-].[Cl-]. The molecule has 268 valence electrons. The van der Waals surface area contributed by atoms with E-state index in [0.29, 0.717) is 0 Å². The van der Waals surface area contributed by atoms with E-state index in [1.807, 2.05) is 67.8 Å². The highest BCUT2D eigenvalue weighted by atomic mass is 35.5. The lowest BCUT2D eigenvalue weighted by Gasteiger charge is -2.01. The van der Waals surface area contributed by atoms with Gasteiger partial charge in [0.1, 0.15) is 6.07 Å². The third-order valence-corrected chi connectivity index (χ3v) is 7.74. The lowest BCUT2D eigenvalue weighted by Crippen LogP contribution is -3.00. The largest absolute Gasteiger partial charge is 1.00 e. The fourth-order valence-corrected chi connectivity index (χ4v) is 4.93. The van der Waals surface area contributed by atoms with Crippen LogP contribution in [0, 0.1) is 34.1 Å². The Morgan fingerprint density at radius 3 is 1.36 bits per heavy atom. The van der Waals surface area contributed by atoms with Crippen molar-refractivity contribution in [3.63, 3.8) is 0 Å². The highest BCUT2D eigenvalue weighted by Crippen LogP contribution is 2.25. The maximum atomic E-state index is 11.2. The summed E-state index contributed by atoms with van der Waals surface area (Å²) in [6, 6.07) is 35.5. The Balaban J connectivity index is 0.000000233. The molecule has 13 heteroatoms. The van der Waals surface area contributed by atoms with Crippen LogP contribution in [0.15, 0.2) is 165 Å². The standard InChI is InChI=1S/C17H15N2.C16H11N4O4.C7H9N.2ClH/c1-14-2-4-17(5-3-14)19-12-8-16(9-13-19)15-6-10-18-11-7-15;21-19(22)14-1-2-15(16(11-14)20(23)24)18-9-5-13(6-10-18)12-3-7-17-8-4-12;1-6-2-4-7(8)5-3-6;;/h2-13H,1H3;1-11H;2-5H,8H2,1H3;2*1H/q2*+1;;;/p-2. The van der Waals surface area contributed by atoms with Crippen LogP contribution < -0.4 is 39.7 Å². The molecule has 0 spiro atoms. The van der Waals surface area contributed by atoms with Crippen LogP contribution in [0.1, 0.15) is 11.1 Å². The Bertz CT molecular complexity index is 2190. The molecule has 0 radical (unpaired) electrons. The topological polar surface area (TPSA) is 146 Å². The number of aryl methyl sites for hydroxylation is 2. The smallest absolute Gasteiger partial charge is 0.347 e. The van der Waals surface area contributed by atoms with Crippen molar-refractivity contribution >= 4 is 17.1 Å². The maximum absolute atomic E-state index is 11.2. The number of nitrogen functional groups attached to an aromatic ring is 1. The quantitative estimate of drug-likeness (QED) is 0.118. The monoisotopic (exact) mass is 747 g/mol. The van der Waals surface area contributed by atoms with Crippen LogP contribution >= 0.6 is 0 Å². The molecule has 0 aliphatic rings. The predicted octanol–water partition coefficient (Wildman–Crippen LogP) is 1.76. The summed E-state index contributed by atoms with van der Waals surface area (Å²) < 4.78 is 3.66. The van der Waals surface area contributed by atoms with Crippen molar-refractivity contribution in [1.29, 1.82) is 0 Å². The van der Waals surface area contributed by atoms with Crippen LogP contribution in [0.2, 0.25) is 0 Å². The van der Waals surface area contributed by atoms with Crippen molar-refractivity contribution in [2.24, 2.45) is 0 Å². The van der Waals surface area contributed by atoms with Gasteiger partial charge in [0.15, 0.2) is 24.8 Å². The van der Waals surface area contributed by atoms with Crippen LogP contribution in [0.4, 0.5) is 17.1 Å². The van der Waals surface area contributed by atoms with E-state index in [1.54, 1.807) is 41.5 Å². The van der Waals surface area contributed by atoms with Gasteiger partial charge >= 0.3 is 5.69 Å². The highest BCUT2D eigenvalue weighted by molar-refractivity contribution is 5.62. The van der Waals surface area contributed by atoms with Crippen molar-refractivity contribution in [2.45, 2.75) is 13.8 Å². The first kappa shape index (κ1) is 40.9. The molecule has 0 aliphatic carbocycles. The van der Waals surface area contributed by atoms with Crippen molar-refractivity contribution in [3.05, 3.63) is 196 Å². The summed E-state index contributed by atoms with van der Waals surface area (Å²) in [5.74, 6) is 0. The summed E-state index contributed by atoms with van der Waals surface area (Å²) in [6.45, 7) is 4.14. The minimum atomic E-state index is -0.659. The third kappa shape index (κ3) is 11.5. The molecular weight excluding hydrogens is 713 g/mol. The zero-order valence-electron chi connectivity index (χ0n) is 28.7. The van der Waals surface area contributed by atoms with Crippen molar-refractivity contribution in [2.75, 3.05) is 5.73 Å². The lowest BCUT2D eigenvalue weighted by atomic mass is 10.1. The van der Waals surface area contributed by atoms with Gasteiger partial charge in [-0.3, -0.25) is 30.2 Å². The third-order valence-electron chi connectivity index (χ3n) is 7.74. The van der Waals surface area contributed by atoms with Gasteiger partial charge in [-0.05, 0) is 72.5 Å².